The molecule has 3 aromatic rings. The summed E-state index contributed by atoms with van der Waals surface area (Å²) in [6.07, 6.45) is 9.90. The molecule has 218 valence electrons. The van der Waals surface area contributed by atoms with Crippen LogP contribution in [0.4, 0.5) is 4.39 Å². The number of ketones is 1. The molecule has 1 atom stereocenters. The van der Waals surface area contributed by atoms with E-state index in [4.69, 9.17) is 33.0 Å². The summed E-state index contributed by atoms with van der Waals surface area (Å²) in [6, 6.07) is 8.00. The Balaban J connectivity index is 0.00000441. The minimum atomic E-state index is -1.10. The second-order valence-corrected chi connectivity index (χ2v) is 11.4. The van der Waals surface area contributed by atoms with Crippen molar-refractivity contribution in [1.82, 2.24) is 4.98 Å². The average Bonchev–Trinajstić information content (AvgIpc) is 3.42. The van der Waals surface area contributed by atoms with E-state index in [1.54, 1.807) is 30.7 Å². The van der Waals surface area contributed by atoms with Crippen molar-refractivity contribution in [2.45, 2.75) is 71.3 Å². The van der Waals surface area contributed by atoms with Gasteiger partial charge in [0, 0.05) is 40.3 Å². The van der Waals surface area contributed by atoms with E-state index in [-0.39, 0.29) is 91.4 Å². The standard InChI is InChI=1S/C31H34Cl2FNO4S.2Na.2H/c1-4-5-6-7-8-9-10-14-27(39-3)22-13-11-12-21(28(22)34)26-18-40-30(35-26)29(36)20-16-24(32)23(25(33)17-20)15-19(2)31(37)38;;;;/h11-13,15-18,27H,4-10,14H2,1-3H3,(H,37,38);;;;/b19-15+;;;;. The van der Waals surface area contributed by atoms with E-state index in [1.165, 1.54) is 57.2 Å². The van der Waals surface area contributed by atoms with E-state index in [0.717, 1.165) is 30.6 Å². The molecule has 0 saturated heterocycles. The number of aliphatic carboxylic acids is 1. The Labute approximate surface area is 305 Å². The first-order chi connectivity index (χ1) is 19.2. The van der Waals surface area contributed by atoms with Gasteiger partial charge >= 0.3 is 65.1 Å². The van der Waals surface area contributed by atoms with E-state index in [2.05, 4.69) is 11.9 Å². The second-order valence-electron chi connectivity index (χ2n) is 9.70. The molecule has 0 radical (unpaired) electrons. The number of ether oxygens (including phenoxy) is 1. The summed E-state index contributed by atoms with van der Waals surface area (Å²) >= 11 is 13.7. The third kappa shape index (κ3) is 10.8. The predicted molar refractivity (Wildman–Crippen MR) is 175 cm³/mol. The average molecular weight is 655 g/mol. The number of rotatable bonds is 15. The van der Waals surface area contributed by atoms with Crippen LogP contribution in [0, 0.1) is 5.82 Å². The number of carboxylic acid groups (broad SMARTS) is 1. The number of unbranched alkanes of at least 4 members (excludes halogenated alkanes) is 6. The van der Waals surface area contributed by atoms with Gasteiger partial charge in [-0.05, 0) is 37.6 Å². The van der Waals surface area contributed by atoms with Crippen molar-refractivity contribution >= 4 is 111 Å². The van der Waals surface area contributed by atoms with E-state index < -0.39 is 17.6 Å². The van der Waals surface area contributed by atoms with Crippen LogP contribution >= 0.6 is 34.5 Å². The van der Waals surface area contributed by atoms with Crippen LogP contribution in [0.15, 0.2) is 41.3 Å². The molecule has 5 nitrogen and oxygen atoms in total. The van der Waals surface area contributed by atoms with E-state index in [9.17, 15) is 9.59 Å². The van der Waals surface area contributed by atoms with Crippen LogP contribution in [-0.2, 0) is 9.53 Å². The van der Waals surface area contributed by atoms with Gasteiger partial charge in [0.2, 0.25) is 5.78 Å². The fourth-order valence-electron chi connectivity index (χ4n) is 4.44. The molecular weight excluding hydrogens is 618 g/mol. The van der Waals surface area contributed by atoms with Gasteiger partial charge in [-0.1, -0.05) is 87.2 Å². The molecule has 11 heteroatoms. The van der Waals surface area contributed by atoms with Crippen molar-refractivity contribution in [3.63, 3.8) is 0 Å². The normalized spacial score (nSPS) is 11.9. The number of hydrogen-bond acceptors (Lipinski definition) is 5. The van der Waals surface area contributed by atoms with Gasteiger partial charge < -0.3 is 9.84 Å². The van der Waals surface area contributed by atoms with Gasteiger partial charge in [0.25, 0.3) is 0 Å². The van der Waals surface area contributed by atoms with Gasteiger partial charge in [0.05, 0.1) is 21.8 Å². The SMILES string of the molecule is CCCCCCCCCC(OC)c1cccc(-c2csc(C(=O)c3cc(Cl)c(/C=C(\C)C(=O)O)c(Cl)c3)n2)c1F.[NaH].[NaH]. The Hall–Kier alpha value is -0.580. The molecular formula is C31H36Cl2FNNa2O4S. The molecule has 3 rings (SSSR count). The molecule has 0 spiro atoms. The number of carboxylic acids is 1. The van der Waals surface area contributed by atoms with Crippen LogP contribution in [-0.4, -0.2) is 88.1 Å². The summed E-state index contributed by atoms with van der Waals surface area (Å²) in [5.41, 5.74) is 1.69. The molecule has 0 aliphatic carbocycles. The van der Waals surface area contributed by atoms with Crippen molar-refractivity contribution in [2.75, 3.05) is 7.11 Å². The number of halogens is 3. The van der Waals surface area contributed by atoms with Gasteiger partial charge in [0.15, 0.2) is 5.01 Å². The molecule has 0 amide bonds. The quantitative estimate of drug-likeness (QED) is 0.0770. The number of benzene rings is 2. The molecule has 0 aliphatic rings. The zero-order valence-electron chi connectivity index (χ0n) is 22.9. The fourth-order valence-corrected chi connectivity index (χ4v) is 5.82. The maximum absolute atomic E-state index is 15.7. The van der Waals surface area contributed by atoms with Crippen LogP contribution in [0.2, 0.25) is 10.0 Å². The topological polar surface area (TPSA) is 76.5 Å². The third-order valence-corrected chi connectivity index (χ3v) is 8.21. The number of carbonyl (C=O) groups excluding carboxylic acids is 1. The molecule has 1 N–H and O–H groups in total. The van der Waals surface area contributed by atoms with Crippen molar-refractivity contribution in [3.05, 3.63) is 78.8 Å². The van der Waals surface area contributed by atoms with Gasteiger partial charge in [-0.2, -0.15) is 0 Å². The summed E-state index contributed by atoms with van der Waals surface area (Å²) in [4.78, 5) is 28.8. The Kier molecular flexibility index (Phi) is 18.5. The maximum atomic E-state index is 15.7. The third-order valence-electron chi connectivity index (χ3n) is 6.74. The van der Waals surface area contributed by atoms with Crippen LogP contribution in [0.25, 0.3) is 17.3 Å². The Morgan fingerprint density at radius 2 is 1.69 bits per heavy atom. The molecule has 2 aromatic carbocycles. The van der Waals surface area contributed by atoms with Crippen LogP contribution < -0.4 is 0 Å². The summed E-state index contributed by atoms with van der Waals surface area (Å²) in [6.45, 7) is 3.62. The number of aromatic nitrogens is 1. The first-order valence-electron chi connectivity index (χ1n) is 13.4. The van der Waals surface area contributed by atoms with Crippen LogP contribution in [0.3, 0.4) is 0 Å². The molecule has 0 saturated carbocycles. The van der Waals surface area contributed by atoms with Crippen molar-refractivity contribution in [2.24, 2.45) is 0 Å². The van der Waals surface area contributed by atoms with Gasteiger partial charge in [-0.25, -0.2) is 14.2 Å². The Bertz CT molecular complexity index is 1360. The number of carbonyl (C=O) groups is 2. The minimum absolute atomic E-state index is 0. The number of thiazole rings is 1. The number of methoxy groups -OCH3 is 1. The molecule has 0 fully saturated rings. The Morgan fingerprint density at radius 3 is 2.29 bits per heavy atom. The van der Waals surface area contributed by atoms with E-state index in [1.807, 2.05) is 0 Å². The van der Waals surface area contributed by atoms with E-state index in [0.29, 0.717) is 22.4 Å². The summed E-state index contributed by atoms with van der Waals surface area (Å²) in [5, 5.41) is 11.2. The van der Waals surface area contributed by atoms with Gasteiger partial charge in [0.1, 0.15) is 5.82 Å². The zero-order chi connectivity index (χ0) is 29.2. The molecule has 1 unspecified atom stereocenters. The number of nitrogens with zero attached hydrogens (tertiary/aromatic N) is 1. The molecule has 42 heavy (non-hydrogen) atoms. The fraction of sp³-hybridized carbons (Fsp3) is 0.387. The van der Waals surface area contributed by atoms with Crippen molar-refractivity contribution in [3.8, 4) is 11.3 Å². The number of hydrogen-bond donors (Lipinski definition) is 1. The summed E-state index contributed by atoms with van der Waals surface area (Å²) < 4.78 is 21.3. The van der Waals surface area contributed by atoms with Gasteiger partial charge in [-0.15, -0.1) is 11.3 Å². The van der Waals surface area contributed by atoms with Crippen LogP contribution in [0.5, 0.6) is 0 Å². The van der Waals surface area contributed by atoms with Crippen LogP contribution in [0.1, 0.15) is 97.8 Å². The van der Waals surface area contributed by atoms with E-state index >= 15 is 4.39 Å². The van der Waals surface area contributed by atoms with Crippen molar-refractivity contribution in [1.29, 1.82) is 0 Å². The molecule has 1 heterocycles. The van der Waals surface area contributed by atoms with Gasteiger partial charge in [-0.3, -0.25) is 4.79 Å². The first-order valence-corrected chi connectivity index (χ1v) is 15.0. The predicted octanol–water partition coefficient (Wildman–Crippen LogP) is 8.51. The summed E-state index contributed by atoms with van der Waals surface area (Å²) in [5.74, 6) is -1.93. The molecule has 0 aliphatic heterocycles. The Morgan fingerprint density at radius 1 is 1.07 bits per heavy atom. The second kappa shape index (κ2) is 19.7. The summed E-state index contributed by atoms with van der Waals surface area (Å²) in [7, 11) is 1.60. The van der Waals surface area contributed by atoms with Crippen molar-refractivity contribution < 1.29 is 23.8 Å². The first kappa shape index (κ1) is 39.4. The zero-order valence-corrected chi connectivity index (χ0v) is 25.3. The molecule has 0 bridgehead atoms. The monoisotopic (exact) mass is 653 g/mol. The molecule has 1 aromatic heterocycles.